The molecular weight excluding hydrogens is 274 g/mol. The molecule has 3 rings (SSSR count). The van der Waals surface area contributed by atoms with Crippen molar-refractivity contribution in [2.45, 2.75) is 38.6 Å². The van der Waals surface area contributed by atoms with Crippen LogP contribution in [-0.2, 0) is 4.79 Å². The van der Waals surface area contributed by atoms with Gasteiger partial charge in [0.25, 0.3) is 0 Å². The number of fused-ring (bicyclic) bond motifs is 1. The van der Waals surface area contributed by atoms with Gasteiger partial charge in [0.1, 0.15) is 0 Å². The van der Waals surface area contributed by atoms with Crippen molar-refractivity contribution in [2.24, 2.45) is 17.6 Å². The molecule has 1 aliphatic carbocycles. The van der Waals surface area contributed by atoms with E-state index in [0.717, 1.165) is 25.2 Å². The molecule has 3 atom stereocenters. The Bertz CT molecular complexity index is 543. The van der Waals surface area contributed by atoms with E-state index in [4.69, 9.17) is 5.73 Å². The van der Waals surface area contributed by atoms with E-state index in [0.29, 0.717) is 30.3 Å². The first-order valence-electron chi connectivity index (χ1n) is 8.41. The standard InChI is InChI=1S/C18H27N3O/c1-12(2)14-5-3-4-6-17(14)20-18(22)11-21-9-13-7-8-16(19)15(13)10-21/h3-6,12-13,15-16H,7-11,19H2,1-2H3,(H,20,22). The molecule has 2 aliphatic rings. The third-order valence-corrected chi connectivity index (χ3v) is 5.21. The molecule has 1 saturated carbocycles. The summed E-state index contributed by atoms with van der Waals surface area (Å²) in [6.07, 6.45) is 2.37. The largest absolute Gasteiger partial charge is 0.327 e. The van der Waals surface area contributed by atoms with Crippen LogP contribution in [0.3, 0.4) is 0 Å². The number of nitrogens with two attached hydrogens (primary N) is 1. The van der Waals surface area contributed by atoms with Crippen LogP contribution >= 0.6 is 0 Å². The maximum absolute atomic E-state index is 12.4. The molecule has 1 saturated heterocycles. The van der Waals surface area contributed by atoms with Crippen molar-refractivity contribution in [2.75, 3.05) is 25.0 Å². The molecule has 22 heavy (non-hydrogen) atoms. The Hall–Kier alpha value is -1.39. The molecule has 1 amide bonds. The molecule has 1 aromatic rings. The lowest BCUT2D eigenvalue weighted by Crippen LogP contribution is -2.34. The summed E-state index contributed by atoms with van der Waals surface area (Å²) < 4.78 is 0. The second-order valence-electron chi connectivity index (χ2n) is 7.15. The third-order valence-electron chi connectivity index (χ3n) is 5.21. The van der Waals surface area contributed by atoms with Crippen molar-refractivity contribution in [1.82, 2.24) is 4.90 Å². The fraction of sp³-hybridized carbons (Fsp3) is 0.611. The fourth-order valence-corrected chi connectivity index (χ4v) is 4.04. The van der Waals surface area contributed by atoms with Crippen molar-refractivity contribution in [3.8, 4) is 0 Å². The molecule has 120 valence electrons. The highest BCUT2D eigenvalue weighted by Gasteiger charge is 2.41. The van der Waals surface area contributed by atoms with Gasteiger partial charge >= 0.3 is 0 Å². The predicted octanol–water partition coefficient (Wildman–Crippen LogP) is 2.42. The minimum atomic E-state index is 0.0849. The molecule has 4 nitrogen and oxygen atoms in total. The molecule has 3 N–H and O–H groups in total. The number of amides is 1. The van der Waals surface area contributed by atoms with Gasteiger partial charge in [0.05, 0.1) is 6.54 Å². The van der Waals surface area contributed by atoms with Crippen LogP contribution < -0.4 is 11.1 Å². The summed E-state index contributed by atoms with van der Waals surface area (Å²) in [4.78, 5) is 14.6. The van der Waals surface area contributed by atoms with Crippen LogP contribution in [0.2, 0.25) is 0 Å². The van der Waals surface area contributed by atoms with Crippen LogP contribution in [0.1, 0.15) is 38.2 Å². The second-order valence-corrected chi connectivity index (χ2v) is 7.15. The van der Waals surface area contributed by atoms with Gasteiger partial charge in [-0.1, -0.05) is 32.0 Å². The molecule has 2 fully saturated rings. The topological polar surface area (TPSA) is 58.4 Å². The molecule has 1 heterocycles. The summed E-state index contributed by atoms with van der Waals surface area (Å²) in [5.41, 5.74) is 8.30. The maximum Gasteiger partial charge on any atom is 0.238 e. The van der Waals surface area contributed by atoms with E-state index in [1.165, 1.54) is 12.0 Å². The number of carbonyl (C=O) groups is 1. The quantitative estimate of drug-likeness (QED) is 0.898. The molecule has 0 aromatic heterocycles. The van der Waals surface area contributed by atoms with Gasteiger partial charge in [-0.25, -0.2) is 0 Å². The number of hydrogen-bond donors (Lipinski definition) is 2. The Morgan fingerprint density at radius 2 is 2.09 bits per heavy atom. The van der Waals surface area contributed by atoms with Gasteiger partial charge in [0, 0.05) is 24.8 Å². The summed E-state index contributed by atoms with van der Waals surface area (Å²) in [5.74, 6) is 1.78. The summed E-state index contributed by atoms with van der Waals surface area (Å²) >= 11 is 0. The minimum absolute atomic E-state index is 0.0849. The smallest absolute Gasteiger partial charge is 0.238 e. The molecule has 0 bridgehead atoms. The van der Waals surface area contributed by atoms with Gasteiger partial charge in [0.15, 0.2) is 0 Å². The highest BCUT2D eigenvalue weighted by atomic mass is 16.2. The lowest BCUT2D eigenvalue weighted by Gasteiger charge is -2.19. The highest BCUT2D eigenvalue weighted by molar-refractivity contribution is 5.93. The highest BCUT2D eigenvalue weighted by Crippen LogP contribution is 2.36. The average Bonchev–Trinajstić information content (AvgIpc) is 3.01. The number of nitrogens with zero attached hydrogens (tertiary/aromatic N) is 1. The zero-order valence-electron chi connectivity index (χ0n) is 13.6. The van der Waals surface area contributed by atoms with E-state index in [1.54, 1.807) is 0 Å². The van der Waals surface area contributed by atoms with Crippen LogP contribution in [0.15, 0.2) is 24.3 Å². The molecule has 1 aliphatic heterocycles. The van der Waals surface area contributed by atoms with Crippen LogP contribution in [0.25, 0.3) is 0 Å². The monoisotopic (exact) mass is 301 g/mol. The number of nitrogens with one attached hydrogen (secondary N) is 1. The second kappa shape index (κ2) is 6.39. The van der Waals surface area contributed by atoms with E-state index >= 15 is 0 Å². The predicted molar refractivity (Wildman–Crippen MR) is 89.8 cm³/mol. The van der Waals surface area contributed by atoms with Gasteiger partial charge in [0.2, 0.25) is 5.91 Å². The van der Waals surface area contributed by atoms with E-state index in [2.05, 4.69) is 30.1 Å². The van der Waals surface area contributed by atoms with Crippen LogP contribution in [0.4, 0.5) is 5.69 Å². The van der Waals surface area contributed by atoms with Gasteiger partial charge in [-0.15, -0.1) is 0 Å². The Morgan fingerprint density at radius 1 is 1.32 bits per heavy atom. The van der Waals surface area contributed by atoms with Gasteiger partial charge in [-0.05, 0) is 42.2 Å². The Morgan fingerprint density at radius 3 is 2.82 bits per heavy atom. The van der Waals surface area contributed by atoms with E-state index in [-0.39, 0.29) is 5.91 Å². The van der Waals surface area contributed by atoms with Gasteiger partial charge in [-0.3, -0.25) is 9.69 Å². The van der Waals surface area contributed by atoms with Crippen LogP contribution in [0.5, 0.6) is 0 Å². The molecule has 0 spiro atoms. The number of carbonyl (C=O) groups excluding carboxylic acids is 1. The minimum Gasteiger partial charge on any atom is -0.327 e. The van der Waals surface area contributed by atoms with Gasteiger partial charge in [-0.2, -0.15) is 0 Å². The lowest BCUT2D eigenvalue weighted by atomic mass is 9.98. The molecule has 4 heteroatoms. The van der Waals surface area contributed by atoms with Gasteiger partial charge < -0.3 is 11.1 Å². The Balaban J connectivity index is 1.58. The first-order chi connectivity index (χ1) is 10.5. The number of para-hydroxylation sites is 1. The van der Waals surface area contributed by atoms with Crippen molar-refractivity contribution in [3.63, 3.8) is 0 Å². The molecule has 1 aromatic carbocycles. The molecular formula is C18H27N3O. The lowest BCUT2D eigenvalue weighted by molar-refractivity contribution is -0.117. The van der Waals surface area contributed by atoms with Crippen molar-refractivity contribution < 1.29 is 4.79 Å². The maximum atomic E-state index is 12.4. The number of likely N-dealkylation sites (tertiary alicyclic amines) is 1. The third kappa shape index (κ3) is 3.18. The van der Waals surface area contributed by atoms with Crippen molar-refractivity contribution in [1.29, 1.82) is 0 Å². The summed E-state index contributed by atoms with van der Waals surface area (Å²) in [5, 5.41) is 3.08. The zero-order chi connectivity index (χ0) is 15.7. The van der Waals surface area contributed by atoms with Crippen LogP contribution in [-0.4, -0.2) is 36.5 Å². The zero-order valence-corrected chi connectivity index (χ0v) is 13.6. The number of hydrogen-bond acceptors (Lipinski definition) is 3. The first kappa shape index (κ1) is 15.5. The summed E-state index contributed by atoms with van der Waals surface area (Å²) in [6.45, 7) is 6.77. The molecule has 0 radical (unpaired) electrons. The number of benzene rings is 1. The van der Waals surface area contributed by atoms with E-state index in [9.17, 15) is 4.79 Å². The number of rotatable bonds is 4. The normalized spacial score (nSPS) is 28.1. The Kier molecular flexibility index (Phi) is 4.50. The summed E-state index contributed by atoms with van der Waals surface area (Å²) in [6, 6.07) is 8.40. The summed E-state index contributed by atoms with van der Waals surface area (Å²) in [7, 11) is 0. The van der Waals surface area contributed by atoms with E-state index in [1.807, 2.05) is 18.2 Å². The van der Waals surface area contributed by atoms with E-state index < -0.39 is 0 Å². The van der Waals surface area contributed by atoms with Crippen molar-refractivity contribution >= 4 is 11.6 Å². The first-order valence-corrected chi connectivity index (χ1v) is 8.41. The average molecular weight is 301 g/mol. The Labute approximate surface area is 133 Å². The van der Waals surface area contributed by atoms with Crippen LogP contribution in [0, 0.1) is 11.8 Å². The number of anilines is 1. The molecule has 3 unspecified atom stereocenters. The SMILES string of the molecule is CC(C)c1ccccc1NC(=O)CN1CC2CCC(N)C2C1. The fourth-order valence-electron chi connectivity index (χ4n) is 4.04. The van der Waals surface area contributed by atoms with Crippen molar-refractivity contribution in [3.05, 3.63) is 29.8 Å².